The first kappa shape index (κ1) is 11.7. The van der Waals surface area contributed by atoms with Gasteiger partial charge in [-0.05, 0) is 25.1 Å². The van der Waals surface area contributed by atoms with Gasteiger partial charge in [-0.2, -0.15) is 0 Å². The van der Waals surface area contributed by atoms with Gasteiger partial charge in [0.25, 0.3) is 0 Å². The molecule has 0 spiro atoms. The maximum absolute atomic E-state index is 12.8. The van der Waals surface area contributed by atoms with Gasteiger partial charge in [0.2, 0.25) is 5.91 Å². The fraction of sp³-hybridized carbons (Fsp3) is 0.200. The van der Waals surface area contributed by atoms with E-state index in [1.165, 1.54) is 13.0 Å². The molecule has 0 unspecified atom stereocenters. The molecule has 0 saturated carbocycles. The predicted octanol–water partition coefficient (Wildman–Crippen LogP) is 2.40. The van der Waals surface area contributed by atoms with Crippen molar-refractivity contribution in [1.82, 2.24) is 0 Å². The number of carbonyl (C=O) groups excluding carboxylic acids is 2. The first-order chi connectivity index (χ1) is 6.97. The number of nitrogens with one attached hydrogen (secondary N) is 1. The van der Waals surface area contributed by atoms with Crippen LogP contribution in [0.4, 0.5) is 10.1 Å². The van der Waals surface area contributed by atoms with Crippen LogP contribution in [-0.2, 0) is 9.59 Å². The quantitative estimate of drug-likeness (QED) is 0.809. The molecule has 0 saturated heterocycles. The Morgan fingerprint density at radius 2 is 2.07 bits per heavy atom. The summed E-state index contributed by atoms with van der Waals surface area (Å²) in [7, 11) is 0. The highest BCUT2D eigenvalue weighted by atomic mass is 35.5. The predicted molar refractivity (Wildman–Crippen MR) is 55.3 cm³/mol. The van der Waals surface area contributed by atoms with Crippen molar-refractivity contribution < 1.29 is 14.0 Å². The van der Waals surface area contributed by atoms with Gasteiger partial charge in [0, 0.05) is 10.7 Å². The van der Waals surface area contributed by atoms with Gasteiger partial charge < -0.3 is 5.32 Å². The summed E-state index contributed by atoms with van der Waals surface area (Å²) in [6, 6.07) is 3.66. The van der Waals surface area contributed by atoms with Crippen molar-refractivity contribution in [2.75, 3.05) is 5.32 Å². The molecule has 0 aliphatic heterocycles. The van der Waals surface area contributed by atoms with Crippen LogP contribution in [0.15, 0.2) is 18.2 Å². The molecular formula is C10H9ClFNO2. The van der Waals surface area contributed by atoms with Gasteiger partial charge in [-0.3, -0.25) is 9.59 Å². The standard InChI is InChI=1S/C10H9ClFNO2/c1-6(14)2-10(15)13-9-4-7(11)3-8(12)5-9/h3-5H,2H2,1H3,(H,13,15). The van der Waals surface area contributed by atoms with Crippen molar-refractivity contribution >= 4 is 29.0 Å². The highest BCUT2D eigenvalue weighted by Gasteiger charge is 2.06. The fourth-order valence-corrected chi connectivity index (χ4v) is 1.28. The highest BCUT2D eigenvalue weighted by molar-refractivity contribution is 6.30. The molecule has 0 aliphatic carbocycles. The molecule has 0 radical (unpaired) electrons. The molecule has 1 rings (SSSR count). The average Bonchev–Trinajstić information content (AvgIpc) is 1.98. The summed E-state index contributed by atoms with van der Waals surface area (Å²) < 4.78 is 12.8. The number of Topliss-reactive ketones (excluding diaryl/α,β-unsaturated/α-hetero) is 1. The zero-order valence-electron chi connectivity index (χ0n) is 8.01. The Morgan fingerprint density at radius 3 is 2.60 bits per heavy atom. The Kier molecular flexibility index (Phi) is 3.80. The highest BCUT2D eigenvalue weighted by Crippen LogP contribution is 2.18. The maximum Gasteiger partial charge on any atom is 0.231 e. The number of hydrogen-bond donors (Lipinski definition) is 1. The molecule has 5 heteroatoms. The van der Waals surface area contributed by atoms with Crippen LogP contribution in [0.2, 0.25) is 5.02 Å². The third kappa shape index (κ3) is 4.08. The van der Waals surface area contributed by atoms with Crippen molar-refractivity contribution in [2.45, 2.75) is 13.3 Å². The van der Waals surface area contributed by atoms with E-state index in [1.807, 2.05) is 0 Å². The third-order valence-corrected chi connectivity index (χ3v) is 1.77. The molecule has 0 aliphatic rings. The Balaban J connectivity index is 2.72. The third-order valence-electron chi connectivity index (χ3n) is 1.56. The Bertz CT molecular complexity index is 386. The fourth-order valence-electron chi connectivity index (χ4n) is 1.06. The lowest BCUT2D eigenvalue weighted by Gasteiger charge is -2.04. The largest absolute Gasteiger partial charge is 0.326 e. The van der Waals surface area contributed by atoms with Crippen LogP contribution >= 0.6 is 11.6 Å². The van der Waals surface area contributed by atoms with Crippen LogP contribution in [0.3, 0.4) is 0 Å². The van der Waals surface area contributed by atoms with Crippen LogP contribution in [0, 0.1) is 5.82 Å². The smallest absolute Gasteiger partial charge is 0.231 e. The lowest BCUT2D eigenvalue weighted by molar-refractivity contribution is -0.124. The molecule has 0 aromatic heterocycles. The van der Waals surface area contributed by atoms with E-state index in [0.29, 0.717) is 0 Å². The van der Waals surface area contributed by atoms with Crippen LogP contribution in [-0.4, -0.2) is 11.7 Å². The number of hydrogen-bond acceptors (Lipinski definition) is 2. The molecule has 0 atom stereocenters. The Labute approximate surface area is 91.2 Å². The SMILES string of the molecule is CC(=O)CC(=O)Nc1cc(F)cc(Cl)c1. The first-order valence-electron chi connectivity index (χ1n) is 4.23. The van der Waals surface area contributed by atoms with E-state index in [4.69, 9.17) is 11.6 Å². The molecule has 0 heterocycles. The van der Waals surface area contributed by atoms with Crippen molar-refractivity contribution in [3.05, 3.63) is 29.0 Å². The lowest BCUT2D eigenvalue weighted by Crippen LogP contribution is -2.14. The van der Waals surface area contributed by atoms with Crippen LogP contribution in [0.25, 0.3) is 0 Å². The van der Waals surface area contributed by atoms with E-state index in [-0.39, 0.29) is 22.9 Å². The van der Waals surface area contributed by atoms with E-state index in [2.05, 4.69) is 5.32 Å². The monoisotopic (exact) mass is 229 g/mol. The number of anilines is 1. The molecule has 1 N–H and O–H groups in total. The van der Waals surface area contributed by atoms with Gasteiger partial charge in [-0.25, -0.2) is 4.39 Å². The summed E-state index contributed by atoms with van der Waals surface area (Å²) in [6.07, 6.45) is -0.228. The van der Waals surface area contributed by atoms with Gasteiger partial charge in [0.1, 0.15) is 11.6 Å². The molecular weight excluding hydrogens is 221 g/mol. The average molecular weight is 230 g/mol. The van der Waals surface area contributed by atoms with Crippen molar-refractivity contribution in [3.8, 4) is 0 Å². The van der Waals surface area contributed by atoms with Crippen molar-refractivity contribution in [2.24, 2.45) is 0 Å². The number of ketones is 1. The second kappa shape index (κ2) is 4.89. The minimum absolute atomic E-state index is 0.188. The van der Waals surface area contributed by atoms with E-state index in [9.17, 15) is 14.0 Å². The summed E-state index contributed by atoms with van der Waals surface area (Å²) in [5.74, 6) is -1.28. The number of amides is 1. The number of rotatable bonds is 3. The zero-order valence-corrected chi connectivity index (χ0v) is 8.77. The number of halogens is 2. The van der Waals surface area contributed by atoms with E-state index in [1.54, 1.807) is 0 Å². The summed E-state index contributed by atoms with van der Waals surface area (Å²) in [5.41, 5.74) is 0.242. The van der Waals surface area contributed by atoms with E-state index in [0.717, 1.165) is 12.1 Å². The summed E-state index contributed by atoms with van der Waals surface area (Å²) in [5, 5.41) is 2.56. The normalized spacial score (nSPS) is 9.80. The Hall–Kier alpha value is -1.42. The molecule has 0 bridgehead atoms. The molecule has 80 valence electrons. The number of benzene rings is 1. The molecule has 1 amide bonds. The second-order valence-electron chi connectivity index (χ2n) is 3.09. The summed E-state index contributed by atoms with van der Waals surface area (Å²) >= 11 is 5.58. The zero-order chi connectivity index (χ0) is 11.4. The van der Waals surface area contributed by atoms with E-state index >= 15 is 0 Å². The van der Waals surface area contributed by atoms with Crippen molar-refractivity contribution in [3.63, 3.8) is 0 Å². The topological polar surface area (TPSA) is 46.2 Å². The van der Waals surface area contributed by atoms with Gasteiger partial charge in [-0.15, -0.1) is 0 Å². The maximum atomic E-state index is 12.8. The van der Waals surface area contributed by atoms with Crippen LogP contribution in [0.1, 0.15) is 13.3 Å². The summed E-state index contributed by atoms with van der Waals surface area (Å²) in [6.45, 7) is 1.30. The molecule has 15 heavy (non-hydrogen) atoms. The molecule has 3 nitrogen and oxygen atoms in total. The minimum atomic E-state index is -0.541. The van der Waals surface area contributed by atoms with Gasteiger partial charge >= 0.3 is 0 Å². The minimum Gasteiger partial charge on any atom is -0.326 e. The molecule has 1 aromatic carbocycles. The Morgan fingerprint density at radius 1 is 1.40 bits per heavy atom. The van der Waals surface area contributed by atoms with Crippen molar-refractivity contribution in [1.29, 1.82) is 0 Å². The van der Waals surface area contributed by atoms with E-state index < -0.39 is 11.7 Å². The van der Waals surface area contributed by atoms with Gasteiger partial charge in [0.05, 0.1) is 6.42 Å². The van der Waals surface area contributed by atoms with Crippen LogP contribution in [0.5, 0.6) is 0 Å². The number of carbonyl (C=O) groups is 2. The van der Waals surface area contributed by atoms with Crippen LogP contribution < -0.4 is 5.32 Å². The van der Waals surface area contributed by atoms with Gasteiger partial charge in [-0.1, -0.05) is 11.6 Å². The molecule has 1 aromatic rings. The lowest BCUT2D eigenvalue weighted by atomic mass is 10.2. The summed E-state index contributed by atoms with van der Waals surface area (Å²) in [4.78, 5) is 21.8. The first-order valence-corrected chi connectivity index (χ1v) is 4.60. The van der Waals surface area contributed by atoms with Gasteiger partial charge in [0.15, 0.2) is 0 Å². The molecule has 0 fully saturated rings. The second-order valence-corrected chi connectivity index (χ2v) is 3.52.